The highest BCUT2D eigenvalue weighted by Gasteiger charge is 2.56. The van der Waals surface area contributed by atoms with Crippen LogP contribution in [-0.4, -0.2) is 61.0 Å². The van der Waals surface area contributed by atoms with Crippen molar-refractivity contribution >= 4 is 11.9 Å². The Balaban J connectivity index is 1.26. The number of hydrogen-bond donors (Lipinski definition) is 0. The molecule has 190 valence electrons. The molecule has 4 heterocycles. The van der Waals surface area contributed by atoms with Crippen molar-refractivity contribution in [3.05, 3.63) is 70.8 Å². The maximum Gasteiger partial charge on any atom is 0.420 e. The smallest absolute Gasteiger partial charge is 0.419 e. The summed E-state index contributed by atoms with van der Waals surface area (Å²) in [6, 6.07) is 15.5. The van der Waals surface area contributed by atoms with Crippen LogP contribution in [0.15, 0.2) is 48.5 Å². The SMILES string of the molecule is CCCN1CC2OC(OC(=O)C(=O)OC34CN(CCC)CC(O3)c3ccccc34)(C1)c1ccccc12. The van der Waals surface area contributed by atoms with Gasteiger partial charge in [0.2, 0.25) is 0 Å². The van der Waals surface area contributed by atoms with Gasteiger partial charge in [0.1, 0.15) is 12.2 Å². The van der Waals surface area contributed by atoms with Crippen molar-refractivity contribution in [3.63, 3.8) is 0 Å². The van der Waals surface area contributed by atoms with Gasteiger partial charge in [0.05, 0.1) is 13.1 Å². The van der Waals surface area contributed by atoms with Crippen molar-refractivity contribution in [1.82, 2.24) is 9.80 Å². The summed E-state index contributed by atoms with van der Waals surface area (Å²) in [6.45, 7) is 8.08. The highest BCUT2D eigenvalue weighted by Crippen LogP contribution is 2.50. The second-order valence-corrected chi connectivity index (χ2v) is 10.1. The Bertz CT molecular complexity index is 1090. The summed E-state index contributed by atoms with van der Waals surface area (Å²) in [4.78, 5) is 31.0. The standard InChI is InChI=1S/C28H32N2O6/c1-3-13-29-15-23-19-9-5-7-11-21(19)27(17-29,33-23)35-25(31)26(32)36-28-18-30(14-4-2)16-24(34-28)20-10-6-8-12-22(20)28/h5-12,23-24H,3-4,13-18H2,1-2H3. The van der Waals surface area contributed by atoms with Gasteiger partial charge in [-0.15, -0.1) is 0 Å². The van der Waals surface area contributed by atoms with Gasteiger partial charge in [-0.1, -0.05) is 62.4 Å². The predicted molar refractivity (Wildman–Crippen MR) is 130 cm³/mol. The number of ether oxygens (including phenoxy) is 4. The summed E-state index contributed by atoms with van der Waals surface area (Å²) in [6.07, 6.45) is 1.50. The van der Waals surface area contributed by atoms with Crippen LogP contribution in [0, 0.1) is 0 Å². The molecule has 36 heavy (non-hydrogen) atoms. The van der Waals surface area contributed by atoms with Gasteiger partial charge >= 0.3 is 11.9 Å². The first-order valence-electron chi connectivity index (χ1n) is 12.9. The molecule has 2 saturated heterocycles. The molecule has 4 bridgehead atoms. The molecule has 2 aromatic rings. The summed E-state index contributed by atoms with van der Waals surface area (Å²) in [7, 11) is 0. The van der Waals surface area contributed by atoms with E-state index in [1.807, 2.05) is 48.5 Å². The van der Waals surface area contributed by atoms with Gasteiger partial charge in [-0.3, -0.25) is 9.80 Å². The van der Waals surface area contributed by atoms with Crippen LogP contribution in [-0.2, 0) is 40.1 Å². The highest BCUT2D eigenvalue weighted by atomic mass is 16.8. The summed E-state index contributed by atoms with van der Waals surface area (Å²) >= 11 is 0. The zero-order valence-corrected chi connectivity index (χ0v) is 20.8. The second kappa shape index (κ2) is 8.95. The van der Waals surface area contributed by atoms with E-state index in [-0.39, 0.29) is 12.2 Å². The number of nitrogens with zero attached hydrogens (tertiary/aromatic N) is 2. The number of hydrogen-bond acceptors (Lipinski definition) is 8. The predicted octanol–water partition coefficient (Wildman–Crippen LogP) is 3.37. The molecule has 0 saturated carbocycles. The summed E-state index contributed by atoms with van der Waals surface area (Å²) in [5.41, 5.74) is 3.58. The van der Waals surface area contributed by atoms with Crippen LogP contribution in [0.5, 0.6) is 0 Å². The molecular formula is C28H32N2O6. The maximum absolute atomic E-state index is 13.3. The molecular weight excluding hydrogens is 460 g/mol. The molecule has 2 aromatic carbocycles. The number of morpholine rings is 2. The van der Waals surface area contributed by atoms with Gasteiger partial charge in [0, 0.05) is 24.2 Å². The molecule has 4 aliphatic rings. The van der Waals surface area contributed by atoms with Crippen LogP contribution >= 0.6 is 0 Å². The van der Waals surface area contributed by atoms with Crippen molar-refractivity contribution < 1.29 is 28.5 Å². The molecule has 8 nitrogen and oxygen atoms in total. The van der Waals surface area contributed by atoms with E-state index in [4.69, 9.17) is 18.9 Å². The summed E-state index contributed by atoms with van der Waals surface area (Å²) in [5.74, 6) is -4.81. The van der Waals surface area contributed by atoms with Crippen molar-refractivity contribution in [2.24, 2.45) is 0 Å². The van der Waals surface area contributed by atoms with Crippen LogP contribution in [0.2, 0.25) is 0 Å². The fourth-order valence-electron chi connectivity index (χ4n) is 6.24. The molecule has 0 amide bonds. The Kier molecular flexibility index (Phi) is 5.87. The number of esters is 2. The topological polar surface area (TPSA) is 77.5 Å². The Labute approximate surface area is 211 Å². The first-order chi connectivity index (χ1) is 17.5. The zero-order valence-electron chi connectivity index (χ0n) is 20.8. The van der Waals surface area contributed by atoms with E-state index in [0.29, 0.717) is 13.1 Å². The molecule has 0 radical (unpaired) electrons. The van der Waals surface area contributed by atoms with E-state index in [2.05, 4.69) is 23.6 Å². The second-order valence-electron chi connectivity index (χ2n) is 10.1. The minimum absolute atomic E-state index is 0.212. The molecule has 0 aromatic heterocycles. The lowest BCUT2D eigenvalue weighted by Gasteiger charge is -2.41. The third-order valence-corrected chi connectivity index (χ3v) is 7.57. The Morgan fingerprint density at radius 1 is 0.778 bits per heavy atom. The van der Waals surface area contributed by atoms with Gasteiger partial charge in [0.25, 0.3) is 11.6 Å². The Morgan fingerprint density at radius 2 is 1.19 bits per heavy atom. The van der Waals surface area contributed by atoms with Gasteiger partial charge in [-0.05, 0) is 37.1 Å². The lowest BCUT2D eigenvalue weighted by atomic mass is 10.0. The molecule has 4 aliphatic heterocycles. The molecule has 0 spiro atoms. The molecule has 6 rings (SSSR count). The summed E-state index contributed by atoms with van der Waals surface area (Å²) < 4.78 is 24.3. The summed E-state index contributed by atoms with van der Waals surface area (Å²) in [5, 5.41) is 0. The van der Waals surface area contributed by atoms with E-state index in [1.165, 1.54) is 0 Å². The van der Waals surface area contributed by atoms with E-state index < -0.39 is 23.5 Å². The monoisotopic (exact) mass is 492 g/mol. The largest absolute Gasteiger partial charge is 0.420 e. The number of carbonyl (C=O) groups excluding carboxylic acids is 2. The van der Waals surface area contributed by atoms with Gasteiger partial charge in [0.15, 0.2) is 0 Å². The van der Waals surface area contributed by atoms with Gasteiger partial charge in [-0.2, -0.15) is 0 Å². The Hall–Kier alpha value is -2.78. The third-order valence-electron chi connectivity index (χ3n) is 7.57. The van der Waals surface area contributed by atoms with Crippen LogP contribution in [0.1, 0.15) is 61.2 Å². The zero-order chi connectivity index (χ0) is 24.9. The lowest BCUT2D eigenvalue weighted by molar-refractivity contribution is -0.289. The van der Waals surface area contributed by atoms with E-state index in [0.717, 1.165) is 61.3 Å². The van der Waals surface area contributed by atoms with Gasteiger partial charge in [-0.25, -0.2) is 9.59 Å². The quantitative estimate of drug-likeness (QED) is 0.449. The highest BCUT2D eigenvalue weighted by molar-refractivity contribution is 6.29. The third kappa shape index (κ3) is 3.75. The van der Waals surface area contributed by atoms with E-state index in [9.17, 15) is 9.59 Å². The number of fused-ring (bicyclic) bond motifs is 10. The fourth-order valence-corrected chi connectivity index (χ4v) is 6.24. The molecule has 8 heteroatoms. The van der Waals surface area contributed by atoms with Crippen molar-refractivity contribution in [2.75, 3.05) is 39.3 Å². The number of benzene rings is 2. The van der Waals surface area contributed by atoms with Crippen LogP contribution in [0.4, 0.5) is 0 Å². The van der Waals surface area contributed by atoms with E-state index >= 15 is 0 Å². The van der Waals surface area contributed by atoms with E-state index in [1.54, 1.807) is 0 Å². The Morgan fingerprint density at radius 3 is 1.61 bits per heavy atom. The molecule has 4 atom stereocenters. The minimum Gasteiger partial charge on any atom is -0.419 e. The van der Waals surface area contributed by atoms with Crippen LogP contribution in [0.3, 0.4) is 0 Å². The normalized spacial score (nSPS) is 30.5. The molecule has 0 N–H and O–H groups in total. The molecule has 4 unspecified atom stereocenters. The fraction of sp³-hybridized carbons (Fsp3) is 0.500. The van der Waals surface area contributed by atoms with Crippen LogP contribution in [0.25, 0.3) is 0 Å². The van der Waals surface area contributed by atoms with Gasteiger partial charge < -0.3 is 18.9 Å². The minimum atomic E-state index is -1.33. The number of carbonyl (C=O) groups is 2. The van der Waals surface area contributed by atoms with Crippen LogP contribution < -0.4 is 0 Å². The maximum atomic E-state index is 13.3. The van der Waals surface area contributed by atoms with Crippen molar-refractivity contribution in [1.29, 1.82) is 0 Å². The average Bonchev–Trinajstić information content (AvgIpc) is 3.24. The first kappa shape index (κ1) is 23.6. The molecule has 2 fully saturated rings. The van der Waals surface area contributed by atoms with Crippen molar-refractivity contribution in [3.8, 4) is 0 Å². The number of rotatable bonds is 6. The molecule has 0 aliphatic carbocycles. The first-order valence-corrected chi connectivity index (χ1v) is 12.9. The lowest BCUT2D eigenvalue weighted by Crippen LogP contribution is -2.52. The average molecular weight is 493 g/mol. The van der Waals surface area contributed by atoms with Crippen molar-refractivity contribution in [2.45, 2.75) is 50.5 Å².